The maximum atomic E-state index is 12.6. The molecule has 0 fully saturated rings. The summed E-state index contributed by atoms with van der Waals surface area (Å²) >= 11 is 0. The van der Waals surface area contributed by atoms with Crippen LogP contribution in [0.25, 0.3) is 0 Å². The largest absolute Gasteiger partial charge is 0.497 e. The van der Waals surface area contributed by atoms with Crippen LogP contribution < -0.4 is 19.1 Å². The predicted molar refractivity (Wildman–Crippen MR) is 109 cm³/mol. The van der Waals surface area contributed by atoms with Crippen molar-refractivity contribution in [1.82, 2.24) is 5.32 Å². The molecule has 7 nitrogen and oxygen atoms in total. The number of rotatable bonds is 8. The maximum Gasteiger partial charge on any atom is 0.241 e. The van der Waals surface area contributed by atoms with Crippen molar-refractivity contribution in [3.05, 3.63) is 53.6 Å². The molecule has 0 radical (unpaired) electrons. The van der Waals surface area contributed by atoms with Crippen LogP contribution in [0.5, 0.6) is 11.5 Å². The molecule has 0 aliphatic rings. The first-order valence-corrected chi connectivity index (χ1v) is 10.6. The number of nitrogens with one attached hydrogen (secondary N) is 1. The molecule has 8 heteroatoms. The number of anilines is 1. The molecule has 0 saturated heterocycles. The van der Waals surface area contributed by atoms with Crippen LogP contribution in [0.3, 0.4) is 0 Å². The molecule has 2 aromatic rings. The lowest BCUT2D eigenvalue weighted by Crippen LogP contribution is -2.41. The molecule has 2 aromatic carbocycles. The molecule has 28 heavy (non-hydrogen) atoms. The number of aryl methyl sites for hydroxylation is 1. The monoisotopic (exact) mass is 406 g/mol. The number of carbonyl (C=O) groups is 1. The number of hydrogen-bond acceptors (Lipinski definition) is 5. The van der Waals surface area contributed by atoms with Crippen LogP contribution in [0.1, 0.15) is 24.1 Å². The minimum absolute atomic E-state index is 0.292. The standard InChI is InChI=1S/C20H26N2O5S/c1-14-6-11-19(27-4)18(12-14)22(28(5,24)25)13-20(23)21-15(2)16-7-9-17(26-3)10-8-16/h6-12,15H,13H2,1-5H3,(H,21,23)/t15-/m0/s1. The van der Waals surface area contributed by atoms with Crippen LogP contribution in [0.2, 0.25) is 0 Å². The summed E-state index contributed by atoms with van der Waals surface area (Å²) in [6.45, 7) is 3.33. The Morgan fingerprint density at radius 1 is 1.11 bits per heavy atom. The Labute approximate surface area is 166 Å². The quantitative estimate of drug-likeness (QED) is 0.729. The van der Waals surface area contributed by atoms with Crippen LogP contribution in [0, 0.1) is 6.92 Å². The SMILES string of the molecule is COc1ccc([C@H](C)NC(=O)CN(c2cc(C)ccc2OC)S(C)(=O)=O)cc1. The zero-order valence-electron chi connectivity index (χ0n) is 16.7. The summed E-state index contributed by atoms with van der Waals surface area (Å²) in [5, 5.41) is 2.83. The normalized spacial score (nSPS) is 12.2. The maximum absolute atomic E-state index is 12.6. The summed E-state index contributed by atoms with van der Waals surface area (Å²) < 4.78 is 36.2. The van der Waals surface area contributed by atoms with Crippen molar-refractivity contribution in [2.45, 2.75) is 19.9 Å². The van der Waals surface area contributed by atoms with Crippen molar-refractivity contribution in [1.29, 1.82) is 0 Å². The van der Waals surface area contributed by atoms with Crippen LogP contribution in [0.4, 0.5) is 5.69 Å². The summed E-state index contributed by atoms with van der Waals surface area (Å²) in [6, 6.07) is 12.2. The smallest absolute Gasteiger partial charge is 0.241 e. The lowest BCUT2D eigenvalue weighted by Gasteiger charge is -2.25. The Bertz CT molecular complexity index is 926. The van der Waals surface area contributed by atoms with Gasteiger partial charge in [-0.2, -0.15) is 0 Å². The summed E-state index contributed by atoms with van der Waals surface area (Å²) in [5.74, 6) is 0.682. The van der Waals surface area contributed by atoms with Gasteiger partial charge >= 0.3 is 0 Å². The van der Waals surface area contributed by atoms with Gasteiger partial charge in [-0.3, -0.25) is 9.10 Å². The Kier molecular flexibility index (Phi) is 6.90. The average Bonchev–Trinajstić information content (AvgIpc) is 2.65. The molecule has 1 atom stereocenters. The van der Waals surface area contributed by atoms with Gasteiger partial charge < -0.3 is 14.8 Å². The Morgan fingerprint density at radius 2 is 1.75 bits per heavy atom. The number of hydrogen-bond donors (Lipinski definition) is 1. The number of amides is 1. The van der Waals surface area contributed by atoms with Crippen molar-refractivity contribution >= 4 is 21.6 Å². The highest BCUT2D eigenvalue weighted by molar-refractivity contribution is 7.92. The molecule has 1 amide bonds. The van der Waals surface area contributed by atoms with Crippen molar-refractivity contribution in [3.63, 3.8) is 0 Å². The number of carbonyl (C=O) groups excluding carboxylic acids is 1. The molecule has 152 valence electrons. The number of sulfonamides is 1. The van der Waals surface area contributed by atoms with Gasteiger partial charge in [0.15, 0.2) is 0 Å². The molecular weight excluding hydrogens is 380 g/mol. The molecule has 2 rings (SSSR count). The Balaban J connectivity index is 2.21. The highest BCUT2D eigenvalue weighted by Crippen LogP contribution is 2.31. The lowest BCUT2D eigenvalue weighted by molar-refractivity contribution is -0.120. The van der Waals surface area contributed by atoms with Gasteiger partial charge in [-0.05, 0) is 49.2 Å². The molecule has 1 N–H and O–H groups in total. The fourth-order valence-corrected chi connectivity index (χ4v) is 3.62. The van der Waals surface area contributed by atoms with Gasteiger partial charge in [0.1, 0.15) is 18.0 Å². The van der Waals surface area contributed by atoms with E-state index in [1.54, 1.807) is 31.4 Å². The second-order valence-electron chi connectivity index (χ2n) is 6.51. The number of methoxy groups -OCH3 is 2. The van der Waals surface area contributed by atoms with E-state index < -0.39 is 15.9 Å². The van der Waals surface area contributed by atoms with Gasteiger partial charge in [-0.1, -0.05) is 18.2 Å². The molecule has 0 heterocycles. The fraction of sp³-hybridized carbons (Fsp3) is 0.350. The van der Waals surface area contributed by atoms with Crippen molar-refractivity contribution in [2.75, 3.05) is 31.3 Å². The van der Waals surface area contributed by atoms with E-state index in [9.17, 15) is 13.2 Å². The second kappa shape index (κ2) is 8.97. The van der Waals surface area contributed by atoms with E-state index in [1.165, 1.54) is 7.11 Å². The van der Waals surface area contributed by atoms with Crippen LogP contribution >= 0.6 is 0 Å². The highest BCUT2D eigenvalue weighted by Gasteiger charge is 2.25. The highest BCUT2D eigenvalue weighted by atomic mass is 32.2. The van der Waals surface area contributed by atoms with Gasteiger partial charge in [0.25, 0.3) is 0 Å². The van der Waals surface area contributed by atoms with Crippen molar-refractivity contribution in [2.24, 2.45) is 0 Å². The third kappa shape index (κ3) is 5.39. The summed E-state index contributed by atoms with van der Waals surface area (Å²) in [7, 11) is -0.654. The van der Waals surface area contributed by atoms with Crippen LogP contribution in [0.15, 0.2) is 42.5 Å². The van der Waals surface area contributed by atoms with Crippen molar-refractivity contribution in [3.8, 4) is 11.5 Å². The zero-order chi connectivity index (χ0) is 20.9. The van der Waals surface area contributed by atoms with E-state index in [2.05, 4.69) is 5.32 Å². The van der Waals surface area contributed by atoms with E-state index in [4.69, 9.17) is 9.47 Å². The average molecular weight is 407 g/mol. The number of nitrogens with zero attached hydrogens (tertiary/aromatic N) is 1. The molecule has 0 unspecified atom stereocenters. The first kappa shape index (κ1) is 21.6. The molecule has 0 bridgehead atoms. The summed E-state index contributed by atoms with van der Waals surface area (Å²) in [6.07, 6.45) is 1.06. The van der Waals surface area contributed by atoms with Crippen molar-refractivity contribution < 1.29 is 22.7 Å². The summed E-state index contributed by atoms with van der Waals surface area (Å²) in [4.78, 5) is 12.6. The lowest BCUT2D eigenvalue weighted by atomic mass is 10.1. The van der Waals surface area contributed by atoms with Gasteiger partial charge in [-0.15, -0.1) is 0 Å². The minimum Gasteiger partial charge on any atom is -0.497 e. The second-order valence-corrected chi connectivity index (χ2v) is 8.41. The van der Waals surface area contributed by atoms with E-state index in [1.807, 2.05) is 32.0 Å². The third-order valence-corrected chi connectivity index (χ3v) is 5.41. The van der Waals surface area contributed by atoms with E-state index in [0.29, 0.717) is 11.4 Å². The van der Waals surface area contributed by atoms with Gasteiger partial charge in [-0.25, -0.2) is 8.42 Å². The summed E-state index contributed by atoms with van der Waals surface area (Å²) in [5.41, 5.74) is 2.07. The van der Waals surface area contributed by atoms with E-state index in [0.717, 1.165) is 27.4 Å². The first-order chi connectivity index (χ1) is 13.2. The van der Waals surface area contributed by atoms with Crippen LogP contribution in [-0.4, -0.2) is 41.3 Å². The third-order valence-electron chi connectivity index (χ3n) is 4.28. The Morgan fingerprint density at radius 3 is 2.29 bits per heavy atom. The molecule has 0 spiro atoms. The molecule has 0 saturated carbocycles. The molecule has 0 aliphatic heterocycles. The minimum atomic E-state index is -3.70. The topological polar surface area (TPSA) is 84.9 Å². The molecule has 0 aromatic heterocycles. The van der Waals surface area contributed by atoms with Crippen LogP contribution in [-0.2, 0) is 14.8 Å². The van der Waals surface area contributed by atoms with Gasteiger partial charge in [0.05, 0.1) is 32.2 Å². The molecule has 0 aliphatic carbocycles. The predicted octanol–water partition coefficient (Wildman–Crippen LogP) is 2.66. The van der Waals surface area contributed by atoms with Gasteiger partial charge in [0, 0.05) is 0 Å². The number of benzene rings is 2. The van der Waals surface area contributed by atoms with E-state index in [-0.39, 0.29) is 12.6 Å². The zero-order valence-corrected chi connectivity index (χ0v) is 17.5. The fourth-order valence-electron chi connectivity index (χ4n) is 2.77. The Hall–Kier alpha value is -2.74. The molecular formula is C20H26N2O5S. The first-order valence-electron chi connectivity index (χ1n) is 8.71. The van der Waals surface area contributed by atoms with Gasteiger partial charge in [0.2, 0.25) is 15.9 Å². The van der Waals surface area contributed by atoms with E-state index >= 15 is 0 Å². The number of ether oxygens (including phenoxy) is 2.